The Kier molecular flexibility index (Phi) is 6.90. The average Bonchev–Trinajstić information content (AvgIpc) is 3.64. The maximum Gasteiger partial charge on any atom is 0.152 e. The molecule has 0 fully saturated rings. The van der Waals surface area contributed by atoms with Gasteiger partial charge in [0.15, 0.2) is 5.84 Å². The summed E-state index contributed by atoms with van der Waals surface area (Å²) < 4.78 is 2.42. The van der Waals surface area contributed by atoms with E-state index in [1.54, 1.807) is 0 Å². The van der Waals surface area contributed by atoms with Crippen molar-refractivity contribution in [3.8, 4) is 16.8 Å². The smallest absolute Gasteiger partial charge is 0.152 e. The number of aromatic nitrogens is 1. The highest BCUT2D eigenvalue weighted by Crippen LogP contribution is 2.56. The van der Waals surface area contributed by atoms with Crippen molar-refractivity contribution in [3.63, 3.8) is 0 Å². The van der Waals surface area contributed by atoms with Crippen LogP contribution in [0.4, 0.5) is 0 Å². The van der Waals surface area contributed by atoms with E-state index < -0.39 is 6.04 Å². The molecule has 9 rings (SSSR count). The fourth-order valence-corrected chi connectivity index (χ4v) is 8.18. The van der Waals surface area contributed by atoms with Crippen LogP contribution in [-0.2, 0) is 5.41 Å². The second-order valence-corrected chi connectivity index (χ2v) is 13.7. The molecule has 1 aromatic heterocycles. The zero-order chi connectivity index (χ0) is 34.0. The van der Waals surface area contributed by atoms with E-state index >= 15 is 0 Å². The third-order valence-corrected chi connectivity index (χ3v) is 10.5. The van der Waals surface area contributed by atoms with Gasteiger partial charge in [-0.05, 0) is 57.0 Å². The minimum atomic E-state index is -0.505. The fourth-order valence-electron chi connectivity index (χ4n) is 8.18. The summed E-state index contributed by atoms with van der Waals surface area (Å²) in [5, 5.41) is 13.9. The number of hydrogen-bond acceptors (Lipinski definition) is 2. The second-order valence-electron chi connectivity index (χ2n) is 13.7. The van der Waals surface area contributed by atoms with E-state index in [-0.39, 0.29) is 11.3 Å². The quantitative estimate of drug-likeness (QED) is 0.142. The molecule has 1 heterocycles. The van der Waals surface area contributed by atoms with Gasteiger partial charge in [-0.2, -0.15) is 0 Å². The van der Waals surface area contributed by atoms with E-state index in [1.807, 2.05) is 60.7 Å². The lowest BCUT2D eigenvalue weighted by Crippen LogP contribution is -2.24. The molecule has 4 heteroatoms. The highest BCUT2D eigenvalue weighted by atomic mass is 15.0. The van der Waals surface area contributed by atoms with Gasteiger partial charge in [0.2, 0.25) is 0 Å². The summed E-state index contributed by atoms with van der Waals surface area (Å²) in [5.41, 5.74) is 18.9. The molecule has 0 bridgehead atoms. The van der Waals surface area contributed by atoms with Crippen LogP contribution in [0.2, 0.25) is 0 Å². The average molecular weight is 645 g/mol. The highest BCUT2D eigenvalue weighted by Gasteiger charge is 2.39. The lowest BCUT2D eigenvalue weighted by Gasteiger charge is -2.24. The Labute approximate surface area is 291 Å². The van der Waals surface area contributed by atoms with Gasteiger partial charge in [0, 0.05) is 32.8 Å². The molecule has 1 aliphatic carbocycles. The molecule has 0 unspecified atom stereocenters. The van der Waals surface area contributed by atoms with Gasteiger partial charge in [0.25, 0.3) is 0 Å². The van der Waals surface area contributed by atoms with Crippen molar-refractivity contribution in [1.29, 1.82) is 5.41 Å². The van der Waals surface area contributed by atoms with Crippen LogP contribution >= 0.6 is 0 Å². The number of fused-ring (bicyclic) bond motifs is 10. The Morgan fingerprint density at radius 2 is 1.24 bits per heavy atom. The standard InChI is InChI=1S/C46H36N4/c1-46(2)37-23-13-11-21-35(37)39-40-36-22-12-14-24-38(36)50(44(40)34-20-10-9-19-33(34)41(39)46)32-27-25-30(26-28-32)43(42(47)29-15-5-3-6-16-29)49-45(48)31-17-7-4-8-18-31/h3-28,42,48H,47H2,1-2H3/t42-/m0/s1. The number of aliphatic imine (C=N–C) groups is 1. The monoisotopic (exact) mass is 644 g/mol. The van der Waals surface area contributed by atoms with E-state index in [0.717, 1.165) is 27.9 Å². The number of rotatable bonds is 5. The van der Waals surface area contributed by atoms with Crippen molar-refractivity contribution >= 4 is 44.1 Å². The van der Waals surface area contributed by atoms with Gasteiger partial charge in [0.1, 0.15) is 0 Å². The maximum atomic E-state index is 8.87. The highest BCUT2D eigenvalue weighted by molar-refractivity contribution is 6.27. The first-order valence-corrected chi connectivity index (χ1v) is 17.2. The topological polar surface area (TPSA) is 67.2 Å². The Morgan fingerprint density at radius 3 is 1.98 bits per heavy atom. The predicted octanol–water partition coefficient (Wildman–Crippen LogP) is 10.8. The van der Waals surface area contributed by atoms with Crippen LogP contribution < -0.4 is 5.73 Å². The van der Waals surface area contributed by atoms with Crippen LogP contribution in [0.1, 0.15) is 47.7 Å². The molecule has 0 spiro atoms. The van der Waals surface area contributed by atoms with Crippen molar-refractivity contribution in [3.05, 3.63) is 186 Å². The zero-order valence-corrected chi connectivity index (χ0v) is 28.1. The van der Waals surface area contributed by atoms with Crippen molar-refractivity contribution in [1.82, 2.24) is 4.57 Å². The Morgan fingerprint density at radius 1 is 0.640 bits per heavy atom. The molecule has 7 aromatic carbocycles. The van der Waals surface area contributed by atoms with E-state index in [2.05, 4.69) is 115 Å². The number of para-hydroxylation sites is 1. The first kappa shape index (κ1) is 30.0. The maximum absolute atomic E-state index is 8.87. The van der Waals surface area contributed by atoms with Crippen molar-refractivity contribution in [2.75, 3.05) is 0 Å². The van der Waals surface area contributed by atoms with Crippen molar-refractivity contribution < 1.29 is 0 Å². The molecular formula is C46H36N4. The summed E-state index contributed by atoms with van der Waals surface area (Å²) in [6.45, 7) is 4.73. The van der Waals surface area contributed by atoms with Gasteiger partial charge in [-0.3, -0.25) is 5.41 Å². The minimum absolute atomic E-state index is 0.134. The number of hydrogen-bond donors (Lipinski definition) is 2. The number of nitrogens with two attached hydrogens (primary N) is 1. The van der Waals surface area contributed by atoms with E-state index in [4.69, 9.17) is 16.1 Å². The normalized spacial score (nSPS) is 14.2. The fraction of sp³-hybridized carbons (Fsp3) is 0.0870. The molecule has 0 saturated heterocycles. The van der Waals surface area contributed by atoms with Gasteiger partial charge < -0.3 is 10.3 Å². The van der Waals surface area contributed by atoms with E-state index in [0.29, 0.717) is 5.71 Å². The number of benzene rings is 7. The Balaban J connectivity index is 1.28. The molecule has 8 aromatic rings. The summed E-state index contributed by atoms with van der Waals surface area (Å²) in [6.07, 6.45) is 0. The summed E-state index contributed by atoms with van der Waals surface area (Å²) in [4.78, 5) is 4.87. The molecule has 240 valence electrons. The third-order valence-electron chi connectivity index (χ3n) is 10.5. The molecule has 1 aliphatic rings. The van der Waals surface area contributed by atoms with Gasteiger partial charge in [-0.15, -0.1) is 0 Å². The molecule has 1 atom stereocenters. The summed E-state index contributed by atoms with van der Waals surface area (Å²) >= 11 is 0. The van der Waals surface area contributed by atoms with E-state index in [1.165, 1.54) is 49.3 Å². The van der Waals surface area contributed by atoms with Gasteiger partial charge >= 0.3 is 0 Å². The predicted molar refractivity (Wildman–Crippen MR) is 209 cm³/mol. The Bertz CT molecular complexity index is 2630. The van der Waals surface area contributed by atoms with Crippen molar-refractivity contribution in [2.24, 2.45) is 10.7 Å². The lowest BCUT2D eigenvalue weighted by molar-refractivity contribution is 0.666. The number of nitrogens with zero attached hydrogens (tertiary/aromatic N) is 2. The molecule has 4 nitrogen and oxygen atoms in total. The van der Waals surface area contributed by atoms with Crippen LogP contribution in [0.3, 0.4) is 0 Å². The van der Waals surface area contributed by atoms with Crippen LogP contribution in [0.25, 0.3) is 49.4 Å². The summed E-state index contributed by atoms with van der Waals surface area (Å²) in [7, 11) is 0. The second kappa shape index (κ2) is 11.5. The van der Waals surface area contributed by atoms with Crippen molar-refractivity contribution in [2.45, 2.75) is 25.3 Å². The van der Waals surface area contributed by atoms with Gasteiger partial charge in [-0.25, -0.2) is 4.99 Å². The molecule has 0 aliphatic heterocycles. The largest absolute Gasteiger partial charge is 0.319 e. The molecule has 3 N–H and O–H groups in total. The van der Waals surface area contributed by atoms with Gasteiger partial charge in [-0.1, -0.05) is 153 Å². The molecular weight excluding hydrogens is 609 g/mol. The summed E-state index contributed by atoms with van der Waals surface area (Å²) in [6, 6.07) is 54.2. The van der Waals surface area contributed by atoms with Crippen LogP contribution in [0.5, 0.6) is 0 Å². The summed E-state index contributed by atoms with van der Waals surface area (Å²) in [5.74, 6) is 0.182. The lowest BCUT2D eigenvalue weighted by atomic mass is 9.79. The van der Waals surface area contributed by atoms with Crippen LogP contribution in [0, 0.1) is 5.41 Å². The number of amidine groups is 1. The zero-order valence-electron chi connectivity index (χ0n) is 28.1. The SMILES string of the molecule is CC1(C)c2ccccc2-c2c1c1ccccc1c1c2c2ccccc2n1-c1ccc(C(=NC(=N)c2ccccc2)[C@@H](N)c2ccccc2)cc1. The van der Waals surface area contributed by atoms with Crippen LogP contribution in [-0.4, -0.2) is 16.1 Å². The molecule has 50 heavy (non-hydrogen) atoms. The molecule has 0 saturated carbocycles. The first-order valence-electron chi connectivity index (χ1n) is 17.2. The van der Waals surface area contributed by atoms with Gasteiger partial charge in [0.05, 0.1) is 22.8 Å². The number of nitrogens with one attached hydrogen (secondary N) is 1. The molecule has 0 amide bonds. The Hall–Kier alpha value is -6.10. The minimum Gasteiger partial charge on any atom is -0.319 e. The first-order chi connectivity index (χ1) is 24.4. The van der Waals surface area contributed by atoms with Crippen LogP contribution in [0.15, 0.2) is 163 Å². The molecule has 0 radical (unpaired) electrons. The third kappa shape index (κ3) is 4.49. The van der Waals surface area contributed by atoms with E-state index in [9.17, 15) is 0 Å².